The molecule has 0 atom stereocenters. The number of nitro benzene ring substituents is 1. The van der Waals surface area contributed by atoms with Crippen molar-refractivity contribution in [1.82, 2.24) is 4.98 Å². The van der Waals surface area contributed by atoms with Crippen molar-refractivity contribution in [2.75, 3.05) is 17.7 Å². The molecular formula is C17H14ClN3O4S2. The molecule has 0 spiro atoms. The number of hydrogen-bond donors (Lipinski definition) is 1. The fourth-order valence-electron chi connectivity index (χ4n) is 2.28. The van der Waals surface area contributed by atoms with Crippen LogP contribution in [-0.4, -0.2) is 28.2 Å². The van der Waals surface area contributed by atoms with Gasteiger partial charge in [-0.25, -0.2) is 4.98 Å². The molecule has 0 unspecified atom stereocenters. The molecule has 1 heterocycles. The van der Waals surface area contributed by atoms with Crippen molar-refractivity contribution in [3.8, 4) is 5.75 Å². The second-order valence-electron chi connectivity index (χ2n) is 5.30. The molecule has 7 nitrogen and oxygen atoms in total. The number of anilines is 1. The Morgan fingerprint density at radius 2 is 2.19 bits per heavy atom. The first-order valence-corrected chi connectivity index (χ1v) is 10.0. The van der Waals surface area contributed by atoms with E-state index in [4.69, 9.17) is 16.3 Å². The van der Waals surface area contributed by atoms with E-state index in [2.05, 4.69) is 10.3 Å². The maximum atomic E-state index is 12.2. The van der Waals surface area contributed by atoms with Gasteiger partial charge in [0.2, 0.25) is 5.91 Å². The van der Waals surface area contributed by atoms with E-state index in [0.29, 0.717) is 6.61 Å². The van der Waals surface area contributed by atoms with Gasteiger partial charge in [0.1, 0.15) is 11.4 Å². The zero-order valence-corrected chi connectivity index (χ0v) is 16.5. The Hall–Kier alpha value is -2.36. The molecule has 1 N–H and O–H groups in total. The van der Waals surface area contributed by atoms with Gasteiger partial charge in [-0.3, -0.25) is 14.9 Å². The van der Waals surface area contributed by atoms with E-state index in [1.165, 1.54) is 41.3 Å². The van der Waals surface area contributed by atoms with Crippen molar-refractivity contribution in [2.45, 2.75) is 11.3 Å². The number of hydrogen-bond acceptors (Lipinski definition) is 7. The largest absolute Gasteiger partial charge is 0.494 e. The van der Waals surface area contributed by atoms with Crippen molar-refractivity contribution in [2.24, 2.45) is 0 Å². The molecule has 140 valence electrons. The van der Waals surface area contributed by atoms with Crippen LogP contribution in [0.3, 0.4) is 0 Å². The lowest BCUT2D eigenvalue weighted by atomic mass is 10.2. The minimum Gasteiger partial charge on any atom is -0.494 e. The lowest BCUT2D eigenvalue weighted by Crippen LogP contribution is -2.15. The Kier molecular flexibility index (Phi) is 6.15. The van der Waals surface area contributed by atoms with Gasteiger partial charge in [-0.2, -0.15) is 0 Å². The molecule has 10 heteroatoms. The van der Waals surface area contributed by atoms with Crippen LogP contribution in [0.2, 0.25) is 5.02 Å². The molecule has 27 heavy (non-hydrogen) atoms. The van der Waals surface area contributed by atoms with Gasteiger partial charge in [-0.1, -0.05) is 23.4 Å². The number of amides is 1. The SMILES string of the molecule is CCOc1ccc2nc(SCC(=O)Nc3ccc(Cl)cc3[N+](=O)[O-])sc2c1. The Balaban J connectivity index is 1.66. The Morgan fingerprint density at radius 1 is 1.37 bits per heavy atom. The van der Waals surface area contributed by atoms with Crippen LogP contribution in [-0.2, 0) is 4.79 Å². The highest BCUT2D eigenvalue weighted by molar-refractivity contribution is 8.01. The number of nitrogens with one attached hydrogen (secondary N) is 1. The number of thioether (sulfide) groups is 1. The molecule has 0 fully saturated rings. The van der Waals surface area contributed by atoms with E-state index >= 15 is 0 Å². The third-order valence-corrected chi connectivity index (χ3v) is 5.80. The average Bonchev–Trinajstić information content (AvgIpc) is 3.04. The first kappa shape index (κ1) is 19.4. The number of carbonyl (C=O) groups excluding carboxylic acids is 1. The summed E-state index contributed by atoms with van der Waals surface area (Å²) in [5.74, 6) is 0.496. The first-order chi connectivity index (χ1) is 13.0. The highest BCUT2D eigenvalue weighted by atomic mass is 35.5. The standard InChI is InChI=1S/C17H14ClN3O4S2/c1-2-25-11-4-6-13-15(8-11)27-17(20-13)26-9-16(22)19-12-5-3-10(18)7-14(12)21(23)24/h3-8H,2,9H2,1H3,(H,19,22). The summed E-state index contributed by atoms with van der Waals surface area (Å²) in [6.45, 7) is 2.50. The summed E-state index contributed by atoms with van der Waals surface area (Å²) in [6.07, 6.45) is 0. The van der Waals surface area contributed by atoms with E-state index in [0.717, 1.165) is 20.3 Å². The van der Waals surface area contributed by atoms with Crippen LogP contribution in [0.15, 0.2) is 40.7 Å². The summed E-state index contributed by atoms with van der Waals surface area (Å²) in [5.41, 5.74) is 0.699. The molecule has 2 aromatic carbocycles. The van der Waals surface area contributed by atoms with Crippen LogP contribution in [0, 0.1) is 10.1 Å². The van der Waals surface area contributed by atoms with E-state index < -0.39 is 4.92 Å². The smallest absolute Gasteiger partial charge is 0.294 e. The van der Waals surface area contributed by atoms with Crippen LogP contribution >= 0.6 is 34.7 Å². The fourth-order valence-corrected chi connectivity index (χ4v) is 4.34. The normalized spacial score (nSPS) is 10.7. The van der Waals surface area contributed by atoms with Crippen molar-refractivity contribution in [1.29, 1.82) is 0 Å². The summed E-state index contributed by atoms with van der Waals surface area (Å²) in [6, 6.07) is 9.74. The Bertz CT molecular complexity index is 1010. The van der Waals surface area contributed by atoms with Gasteiger partial charge in [-0.05, 0) is 37.3 Å². The third kappa shape index (κ3) is 4.88. The number of fused-ring (bicyclic) bond motifs is 1. The second kappa shape index (κ2) is 8.55. The molecular weight excluding hydrogens is 410 g/mol. The molecule has 0 aliphatic heterocycles. The van der Waals surface area contributed by atoms with Gasteiger partial charge in [0, 0.05) is 11.1 Å². The monoisotopic (exact) mass is 423 g/mol. The van der Waals surface area contributed by atoms with Gasteiger partial charge < -0.3 is 10.1 Å². The molecule has 0 radical (unpaired) electrons. The lowest BCUT2D eigenvalue weighted by Gasteiger charge is -2.05. The summed E-state index contributed by atoms with van der Waals surface area (Å²) in [7, 11) is 0. The van der Waals surface area contributed by atoms with E-state index in [1.54, 1.807) is 0 Å². The van der Waals surface area contributed by atoms with Crippen LogP contribution in [0.4, 0.5) is 11.4 Å². The van der Waals surface area contributed by atoms with Crippen molar-refractivity contribution in [3.05, 3.63) is 51.5 Å². The number of rotatable bonds is 7. The molecule has 1 aromatic heterocycles. The number of carbonyl (C=O) groups is 1. The Labute approximate surface area is 167 Å². The van der Waals surface area contributed by atoms with E-state index in [9.17, 15) is 14.9 Å². The molecule has 0 bridgehead atoms. The van der Waals surface area contributed by atoms with E-state index in [1.807, 2.05) is 25.1 Å². The van der Waals surface area contributed by atoms with Crippen molar-refractivity contribution in [3.63, 3.8) is 0 Å². The first-order valence-electron chi connectivity index (χ1n) is 7.86. The Morgan fingerprint density at radius 3 is 2.93 bits per heavy atom. The summed E-state index contributed by atoms with van der Waals surface area (Å²) in [4.78, 5) is 27.1. The van der Waals surface area contributed by atoms with Crippen LogP contribution < -0.4 is 10.1 Å². The topological polar surface area (TPSA) is 94.4 Å². The maximum Gasteiger partial charge on any atom is 0.294 e. The minimum absolute atomic E-state index is 0.0813. The van der Waals surface area contributed by atoms with Gasteiger partial charge in [-0.15, -0.1) is 11.3 Å². The molecule has 3 aromatic rings. The maximum absolute atomic E-state index is 12.2. The zero-order chi connectivity index (χ0) is 19.4. The number of nitrogens with zero attached hydrogens (tertiary/aromatic N) is 2. The van der Waals surface area contributed by atoms with Gasteiger partial charge >= 0.3 is 0 Å². The highest BCUT2D eigenvalue weighted by Gasteiger charge is 2.17. The predicted octanol–water partition coefficient (Wildman–Crippen LogP) is 4.99. The van der Waals surface area contributed by atoms with Crippen LogP contribution in [0.25, 0.3) is 10.2 Å². The summed E-state index contributed by atoms with van der Waals surface area (Å²) < 4.78 is 7.18. The minimum atomic E-state index is -0.585. The third-order valence-electron chi connectivity index (χ3n) is 3.41. The summed E-state index contributed by atoms with van der Waals surface area (Å²) >= 11 is 8.50. The number of benzene rings is 2. The number of nitro groups is 1. The molecule has 0 aliphatic rings. The predicted molar refractivity (Wildman–Crippen MR) is 108 cm³/mol. The fraction of sp³-hybridized carbons (Fsp3) is 0.176. The van der Waals surface area contributed by atoms with Crippen molar-refractivity contribution >= 4 is 62.2 Å². The molecule has 0 saturated heterocycles. The average molecular weight is 424 g/mol. The number of ether oxygens (including phenoxy) is 1. The quantitative estimate of drug-likeness (QED) is 0.327. The molecule has 0 aliphatic carbocycles. The number of halogens is 1. The summed E-state index contributed by atoms with van der Waals surface area (Å²) in [5, 5.41) is 13.9. The van der Waals surface area contributed by atoms with Gasteiger partial charge in [0.15, 0.2) is 4.34 Å². The highest BCUT2D eigenvalue weighted by Crippen LogP contribution is 2.32. The van der Waals surface area contributed by atoms with E-state index in [-0.39, 0.29) is 28.1 Å². The van der Waals surface area contributed by atoms with Crippen LogP contribution in [0.1, 0.15) is 6.92 Å². The molecule has 1 amide bonds. The molecule has 3 rings (SSSR count). The number of thiazole rings is 1. The number of aromatic nitrogens is 1. The zero-order valence-electron chi connectivity index (χ0n) is 14.1. The lowest BCUT2D eigenvalue weighted by molar-refractivity contribution is -0.383. The second-order valence-corrected chi connectivity index (χ2v) is 7.99. The van der Waals surface area contributed by atoms with Crippen LogP contribution in [0.5, 0.6) is 5.75 Å². The van der Waals surface area contributed by atoms with Gasteiger partial charge in [0.05, 0.1) is 27.5 Å². The van der Waals surface area contributed by atoms with Crippen molar-refractivity contribution < 1.29 is 14.5 Å². The van der Waals surface area contributed by atoms with Gasteiger partial charge in [0.25, 0.3) is 5.69 Å². The molecule has 0 saturated carbocycles.